The van der Waals surface area contributed by atoms with Crippen molar-refractivity contribution in [2.24, 2.45) is 0 Å². The van der Waals surface area contributed by atoms with Crippen molar-refractivity contribution >= 4 is 16.9 Å². The summed E-state index contributed by atoms with van der Waals surface area (Å²) in [6.07, 6.45) is 4.42. The van der Waals surface area contributed by atoms with E-state index >= 15 is 0 Å². The van der Waals surface area contributed by atoms with Gasteiger partial charge < -0.3 is 19.7 Å². The van der Waals surface area contributed by atoms with E-state index in [1.54, 1.807) is 19.2 Å². The predicted molar refractivity (Wildman–Crippen MR) is 111 cm³/mol. The lowest BCUT2D eigenvalue weighted by molar-refractivity contribution is 0.0964. The van der Waals surface area contributed by atoms with E-state index in [-0.39, 0.29) is 11.7 Å². The lowest BCUT2D eigenvalue weighted by atomic mass is 9.98. The second-order valence-electron chi connectivity index (χ2n) is 7.34. The molecule has 0 spiro atoms. The lowest BCUT2D eigenvalue weighted by Gasteiger charge is -2.26. The Morgan fingerprint density at radius 2 is 1.86 bits per heavy atom. The molecule has 1 saturated heterocycles. The van der Waals surface area contributed by atoms with Crippen LogP contribution >= 0.6 is 0 Å². The third kappa shape index (κ3) is 3.50. The van der Waals surface area contributed by atoms with Gasteiger partial charge in [-0.1, -0.05) is 36.8 Å². The van der Waals surface area contributed by atoms with Crippen molar-refractivity contribution in [1.82, 2.24) is 10.2 Å². The highest BCUT2D eigenvalue weighted by molar-refractivity contribution is 6.12. The van der Waals surface area contributed by atoms with Gasteiger partial charge in [0.1, 0.15) is 17.1 Å². The minimum Gasteiger partial charge on any atom is -0.508 e. The SMILES string of the molecule is CNC(=O)c1c(-c2ccccc2)oc2ccc(O)c(CCN3CCCCC3)c12. The summed E-state index contributed by atoms with van der Waals surface area (Å²) >= 11 is 0. The molecular formula is C23H26N2O3. The molecule has 3 aromatic rings. The van der Waals surface area contributed by atoms with Crippen LogP contribution in [0.15, 0.2) is 46.9 Å². The summed E-state index contributed by atoms with van der Waals surface area (Å²) in [6.45, 7) is 3.06. The number of nitrogens with one attached hydrogen (secondary N) is 1. The smallest absolute Gasteiger partial charge is 0.255 e. The van der Waals surface area contributed by atoms with Gasteiger partial charge in [-0.05, 0) is 44.5 Å². The zero-order chi connectivity index (χ0) is 19.5. The van der Waals surface area contributed by atoms with Gasteiger partial charge in [0, 0.05) is 30.1 Å². The molecule has 1 amide bonds. The Bertz CT molecular complexity index is 972. The van der Waals surface area contributed by atoms with E-state index in [0.717, 1.165) is 36.1 Å². The van der Waals surface area contributed by atoms with Crippen molar-refractivity contribution in [2.45, 2.75) is 25.7 Å². The van der Waals surface area contributed by atoms with Crippen molar-refractivity contribution in [3.05, 3.63) is 53.6 Å². The number of piperidine rings is 1. The fourth-order valence-corrected chi connectivity index (χ4v) is 4.09. The Hall–Kier alpha value is -2.79. The number of nitrogens with zero attached hydrogens (tertiary/aromatic N) is 1. The molecule has 0 aliphatic carbocycles. The van der Waals surface area contributed by atoms with Gasteiger partial charge >= 0.3 is 0 Å². The second-order valence-corrected chi connectivity index (χ2v) is 7.34. The molecule has 2 aromatic carbocycles. The highest BCUT2D eigenvalue weighted by Crippen LogP contribution is 2.38. The molecule has 5 nitrogen and oxygen atoms in total. The summed E-state index contributed by atoms with van der Waals surface area (Å²) in [6, 6.07) is 13.0. The topological polar surface area (TPSA) is 65.7 Å². The number of benzene rings is 2. The van der Waals surface area contributed by atoms with Gasteiger partial charge in [-0.3, -0.25) is 4.79 Å². The number of aromatic hydroxyl groups is 1. The summed E-state index contributed by atoms with van der Waals surface area (Å²) in [5, 5.41) is 14.1. The van der Waals surface area contributed by atoms with Crippen LogP contribution in [0.2, 0.25) is 0 Å². The van der Waals surface area contributed by atoms with Crippen LogP contribution in [-0.4, -0.2) is 42.6 Å². The standard InChI is InChI=1S/C23H26N2O3/c1-24-23(27)21-20-17(12-15-25-13-6-3-7-14-25)18(26)10-11-19(20)28-22(21)16-8-4-2-5-9-16/h2,4-5,8-11,26H,3,6-7,12-15H2,1H3,(H,24,27). The Morgan fingerprint density at radius 1 is 1.11 bits per heavy atom. The van der Waals surface area contributed by atoms with Crippen molar-refractivity contribution in [1.29, 1.82) is 0 Å². The maximum Gasteiger partial charge on any atom is 0.255 e. The van der Waals surface area contributed by atoms with Gasteiger partial charge in [-0.2, -0.15) is 0 Å². The first-order chi connectivity index (χ1) is 13.7. The molecule has 1 aromatic heterocycles. The fraction of sp³-hybridized carbons (Fsp3) is 0.348. The third-order valence-corrected chi connectivity index (χ3v) is 5.56. The summed E-state index contributed by atoms with van der Waals surface area (Å²) in [5.74, 6) is 0.553. The van der Waals surface area contributed by atoms with Crippen LogP contribution in [0.3, 0.4) is 0 Å². The van der Waals surface area contributed by atoms with Gasteiger partial charge in [0.15, 0.2) is 0 Å². The molecule has 0 atom stereocenters. The average Bonchev–Trinajstić information content (AvgIpc) is 3.13. The van der Waals surface area contributed by atoms with E-state index < -0.39 is 0 Å². The zero-order valence-electron chi connectivity index (χ0n) is 16.2. The van der Waals surface area contributed by atoms with Crippen molar-refractivity contribution in [2.75, 3.05) is 26.7 Å². The molecule has 0 unspecified atom stereocenters. The molecule has 1 aliphatic rings. The van der Waals surface area contributed by atoms with Crippen LogP contribution in [0.25, 0.3) is 22.3 Å². The minimum absolute atomic E-state index is 0.206. The van der Waals surface area contributed by atoms with Gasteiger partial charge in [0.2, 0.25) is 0 Å². The van der Waals surface area contributed by atoms with Crippen LogP contribution in [0, 0.1) is 0 Å². The van der Waals surface area contributed by atoms with E-state index in [4.69, 9.17) is 4.42 Å². The van der Waals surface area contributed by atoms with Crippen molar-refractivity contribution in [3.63, 3.8) is 0 Å². The molecule has 28 heavy (non-hydrogen) atoms. The Morgan fingerprint density at radius 3 is 2.57 bits per heavy atom. The number of fused-ring (bicyclic) bond motifs is 1. The fourth-order valence-electron chi connectivity index (χ4n) is 4.09. The number of phenolic OH excluding ortho intramolecular Hbond substituents is 1. The highest BCUT2D eigenvalue weighted by atomic mass is 16.3. The molecule has 1 fully saturated rings. The summed E-state index contributed by atoms with van der Waals surface area (Å²) in [5.41, 5.74) is 2.75. The first-order valence-corrected chi connectivity index (χ1v) is 9.96. The summed E-state index contributed by atoms with van der Waals surface area (Å²) in [4.78, 5) is 15.2. The number of furan rings is 1. The highest BCUT2D eigenvalue weighted by Gasteiger charge is 2.25. The Balaban J connectivity index is 1.81. The van der Waals surface area contributed by atoms with Crippen molar-refractivity contribution in [3.8, 4) is 17.1 Å². The maximum atomic E-state index is 12.8. The first-order valence-electron chi connectivity index (χ1n) is 9.96. The van der Waals surface area contributed by atoms with E-state index in [0.29, 0.717) is 23.3 Å². The van der Waals surface area contributed by atoms with E-state index in [1.807, 2.05) is 30.3 Å². The molecule has 5 heteroatoms. The molecule has 4 rings (SSSR count). The number of amides is 1. The number of carbonyl (C=O) groups excluding carboxylic acids is 1. The van der Waals surface area contributed by atoms with Gasteiger partial charge in [0.05, 0.1) is 5.56 Å². The van der Waals surface area contributed by atoms with Crippen molar-refractivity contribution < 1.29 is 14.3 Å². The maximum absolute atomic E-state index is 12.8. The molecule has 1 aliphatic heterocycles. The number of rotatable bonds is 5. The first kappa shape index (κ1) is 18.6. The summed E-state index contributed by atoms with van der Waals surface area (Å²) < 4.78 is 6.11. The van der Waals surface area contributed by atoms with Gasteiger partial charge in [-0.15, -0.1) is 0 Å². The molecule has 2 N–H and O–H groups in total. The molecule has 0 bridgehead atoms. The summed E-state index contributed by atoms with van der Waals surface area (Å²) in [7, 11) is 1.62. The number of hydrogen-bond acceptors (Lipinski definition) is 4. The quantitative estimate of drug-likeness (QED) is 0.699. The molecule has 0 saturated carbocycles. The van der Waals surface area contributed by atoms with E-state index in [1.165, 1.54) is 19.3 Å². The minimum atomic E-state index is -0.206. The largest absolute Gasteiger partial charge is 0.508 e. The van der Waals surface area contributed by atoms with Crippen LogP contribution in [0.1, 0.15) is 35.2 Å². The lowest BCUT2D eigenvalue weighted by Crippen LogP contribution is -2.31. The molecule has 2 heterocycles. The normalized spacial score (nSPS) is 15.0. The van der Waals surface area contributed by atoms with Crippen LogP contribution in [0.4, 0.5) is 0 Å². The van der Waals surface area contributed by atoms with Crippen LogP contribution in [0.5, 0.6) is 5.75 Å². The van der Waals surface area contributed by atoms with Gasteiger partial charge in [-0.25, -0.2) is 0 Å². The predicted octanol–water partition coefficient (Wildman–Crippen LogP) is 4.19. The Kier molecular flexibility index (Phi) is 5.35. The second kappa shape index (κ2) is 8.07. The van der Waals surface area contributed by atoms with E-state index in [9.17, 15) is 9.90 Å². The average molecular weight is 378 g/mol. The zero-order valence-corrected chi connectivity index (χ0v) is 16.2. The number of phenols is 1. The van der Waals surface area contributed by atoms with Gasteiger partial charge in [0.25, 0.3) is 5.91 Å². The van der Waals surface area contributed by atoms with Crippen LogP contribution in [-0.2, 0) is 6.42 Å². The molecule has 146 valence electrons. The number of carbonyl (C=O) groups is 1. The van der Waals surface area contributed by atoms with Crippen LogP contribution < -0.4 is 5.32 Å². The number of hydrogen-bond donors (Lipinski definition) is 2. The Labute approximate surface area is 165 Å². The van der Waals surface area contributed by atoms with E-state index in [2.05, 4.69) is 10.2 Å². The monoisotopic (exact) mass is 378 g/mol. The number of likely N-dealkylation sites (tertiary alicyclic amines) is 1. The molecule has 0 radical (unpaired) electrons. The molecular weight excluding hydrogens is 352 g/mol. The third-order valence-electron chi connectivity index (χ3n) is 5.56.